The number of carboxylic acid groups (broad SMARTS) is 1. The number of anilines is 1. The van der Waals surface area contributed by atoms with Crippen molar-refractivity contribution in [3.8, 4) is 0 Å². The van der Waals surface area contributed by atoms with Gasteiger partial charge in [-0.15, -0.1) is 0 Å². The van der Waals surface area contributed by atoms with E-state index >= 15 is 0 Å². The Morgan fingerprint density at radius 1 is 1.08 bits per heavy atom. The van der Waals surface area contributed by atoms with Gasteiger partial charge >= 0.3 is 12.1 Å². The summed E-state index contributed by atoms with van der Waals surface area (Å²) in [5, 5.41) is 8.88. The molecule has 1 heterocycles. The van der Waals surface area contributed by atoms with Crippen LogP contribution in [0.2, 0.25) is 0 Å². The molecule has 0 bridgehead atoms. The molecule has 0 aliphatic carbocycles. The van der Waals surface area contributed by atoms with Crippen LogP contribution in [0.5, 0.6) is 0 Å². The number of piperazine rings is 1. The highest BCUT2D eigenvalue weighted by Gasteiger charge is 2.30. The molecule has 1 amide bonds. The fourth-order valence-corrected chi connectivity index (χ4v) is 2.46. The first-order valence-electron chi connectivity index (χ1n) is 7.65. The Hall–Kier alpha value is -2.45. The minimum absolute atomic E-state index is 0.125. The van der Waals surface area contributed by atoms with E-state index in [2.05, 4.69) is 0 Å². The maximum Gasteiger partial charge on any atom is 0.410 e. The number of halogens is 3. The van der Waals surface area contributed by atoms with Crippen molar-refractivity contribution < 1.29 is 32.6 Å². The highest BCUT2D eigenvalue weighted by Crippen LogP contribution is 2.28. The number of carboxylic acids is 1. The summed E-state index contributed by atoms with van der Waals surface area (Å²) in [7, 11) is 0. The lowest BCUT2D eigenvalue weighted by atomic mass is 10.1. The van der Waals surface area contributed by atoms with Gasteiger partial charge in [0.1, 0.15) is 11.2 Å². The number of carbonyl (C=O) groups is 2. The molecule has 6 nitrogen and oxygen atoms in total. The van der Waals surface area contributed by atoms with Crippen LogP contribution in [0.4, 0.5) is 23.7 Å². The fourth-order valence-electron chi connectivity index (χ4n) is 2.46. The summed E-state index contributed by atoms with van der Waals surface area (Å²) in [6.45, 7) is 5.79. The van der Waals surface area contributed by atoms with E-state index in [1.165, 1.54) is 9.80 Å². The molecule has 2 rings (SSSR count). The van der Waals surface area contributed by atoms with Gasteiger partial charge < -0.3 is 19.6 Å². The normalized spacial score (nSPS) is 15.3. The Morgan fingerprint density at radius 3 is 2.12 bits per heavy atom. The monoisotopic (exact) mass is 360 g/mol. The first-order valence-corrected chi connectivity index (χ1v) is 7.65. The average molecular weight is 360 g/mol. The Bertz CT molecular complexity index is 696. The average Bonchev–Trinajstić information content (AvgIpc) is 2.49. The van der Waals surface area contributed by atoms with E-state index in [4.69, 9.17) is 9.84 Å². The van der Waals surface area contributed by atoms with Gasteiger partial charge in [0.2, 0.25) is 0 Å². The number of amides is 1. The van der Waals surface area contributed by atoms with Gasteiger partial charge in [0.25, 0.3) is 0 Å². The standard InChI is InChI=1S/C16H19F3N2O4/c1-16(2,3)25-15(24)21-6-4-20(5-7-21)10-8-9(17)12(18)11(13(10)19)14(22)23/h8H,4-7H2,1-3H3,(H,22,23). The van der Waals surface area contributed by atoms with Gasteiger partial charge in [0.05, 0.1) is 5.69 Å². The molecule has 0 atom stereocenters. The minimum atomic E-state index is -1.89. The van der Waals surface area contributed by atoms with Crippen molar-refractivity contribution in [1.29, 1.82) is 0 Å². The van der Waals surface area contributed by atoms with Crippen LogP contribution in [-0.4, -0.2) is 53.8 Å². The second-order valence-electron chi connectivity index (χ2n) is 6.64. The molecule has 1 aliphatic heterocycles. The molecule has 1 saturated heterocycles. The number of ether oxygens (including phenoxy) is 1. The number of hydrogen-bond donors (Lipinski definition) is 1. The van der Waals surface area contributed by atoms with Gasteiger partial charge in [0, 0.05) is 32.2 Å². The van der Waals surface area contributed by atoms with Crippen molar-refractivity contribution in [1.82, 2.24) is 4.90 Å². The maximum atomic E-state index is 14.3. The van der Waals surface area contributed by atoms with E-state index in [0.29, 0.717) is 6.07 Å². The molecule has 1 fully saturated rings. The molecule has 25 heavy (non-hydrogen) atoms. The smallest absolute Gasteiger partial charge is 0.410 e. The molecule has 0 saturated carbocycles. The molecule has 0 spiro atoms. The van der Waals surface area contributed by atoms with Gasteiger partial charge in [-0.25, -0.2) is 22.8 Å². The number of aromatic carboxylic acids is 1. The third-order valence-corrected chi connectivity index (χ3v) is 3.62. The van der Waals surface area contributed by atoms with Gasteiger partial charge in [0.15, 0.2) is 17.5 Å². The van der Waals surface area contributed by atoms with Crippen molar-refractivity contribution in [2.45, 2.75) is 26.4 Å². The second kappa shape index (κ2) is 6.81. The lowest BCUT2D eigenvalue weighted by molar-refractivity contribution is 0.0240. The van der Waals surface area contributed by atoms with Crippen LogP contribution in [0.15, 0.2) is 6.07 Å². The van der Waals surface area contributed by atoms with Crippen LogP contribution < -0.4 is 4.90 Å². The van der Waals surface area contributed by atoms with E-state index in [-0.39, 0.29) is 31.9 Å². The van der Waals surface area contributed by atoms with Gasteiger partial charge in [-0.05, 0) is 20.8 Å². The summed E-state index contributed by atoms with van der Waals surface area (Å²) in [4.78, 5) is 25.7. The van der Waals surface area contributed by atoms with E-state index in [1.807, 2.05) is 0 Å². The van der Waals surface area contributed by atoms with Gasteiger partial charge in [-0.2, -0.15) is 0 Å². The molecule has 1 N–H and O–H groups in total. The lowest BCUT2D eigenvalue weighted by Crippen LogP contribution is -2.50. The summed E-state index contributed by atoms with van der Waals surface area (Å²) in [6.07, 6.45) is -0.524. The second-order valence-corrected chi connectivity index (χ2v) is 6.64. The molecule has 1 aromatic carbocycles. The largest absolute Gasteiger partial charge is 0.477 e. The van der Waals surface area contributed by atoms with Crippen LogP contribution in [0, 0.1) is 17.5 Å². The first-order chi connectivity index (χ1) is 11.5. The van der Waals surface area contributed by atoms with Gasteiger partial charge in [-0.1, -0.05) is 0 Å². The van der Waals surface area contributed by atoms with Gasteiger partial charge in [-0.3, -0.25) is 0 Å². The van der Waals surface area contributed by atoms with Crippen molar-refractivity contribution >= 4 is 17.7 Å². The molecular formula is C16H19F3N2O4. The Kier molecular flexibility index (Phi) is 5.15. The molecule has 0 radical (unpaired) electrons. The summed E-state index contributed by atoms with van der Waals surface area (Å²) in [6, 6.07) is 0.625. The maximum absolute atomic E-state index is 14.3. The summed E-state index contributed by atoms with van der Waals surface area (Å²) < 4.78 is 46.6. The van der Waals surface area contributed by atoms with Crippen LogP contribution in [0.25, 0.3) is 0 Å². The van der Waals surface area contributed by atoms with Crippen LogP contribution in [0.1, 0.15) is 31.1 Å². The van der Waals surface area contributed by atoms with Crippen molar-refractivity contribution in [2.24, 2.45) is 0 Å². The zero-order valence-electron chi connectivity index (χ0n) is 14.1. The van der Waals surface area contributed by atoms with Crippen LogP contribution in [0.3, 0.4) is 0 Å². The topological polar surface area (TPSA) is 70.1 Å². The Balaban J connectivity index is 2.16. The number of benzene rings is 1. The molecule has 138 valence electrons. The molecule has 1 aromatic rings. The van der Waals surface area contributed by atoms with Crippen molar-refractivity contribution in [3.05, 3.63) is 29.1 Å². The Labute approximate surface area is 142 Å². The molecule has 0 unspecified atom stereocenters. The van der Waals surface area contributed by atoms with E-state index in [9.17, 15) is 22.8 Å². The van der Waals surface area contributed by atoms with E-state index in [0.717, 1.165) is 0 Å². The summed E-state index contributed by atoms with van der Waals surface area (Å²) >= 11 is 0. The molecule has 9 heteroatoms. The fraction of sp³-hybridized carbons (Fsp3) is 0.500. The number of nitrogens with zero attached hydrogens (tertiary/aromatic N) is 2. The number of rotatable bonds is 2. The first kappa shape index (κ1) is 18.9. The third kappa shape index (κ3) is 4.15. The van der Waals surface area contributed by atoms with Crippen LogP contribution in [-0.2, 0) is 4.74 Å². The highest BCUT2D eigenvalue weighted by molar-refractivity contribution is 5.89. The number of hydrogen-bond acceptors (Lipinski definition) is 4. The molecular weight excluding hydrogens is 341 g/mol. The molecule has 0 aromatic heterocycles. The Morgan fingerprint density at radius 2 is 1.64 bits per heavy atom. The quantitative estimate of drug-likeness (QED) is 0.822. The predicted molar refractivity (Wildman–Crippen MR) is 83.3 cm³/mol. The summed E-state index contributed by atoms with van der Waals surface area (Å²) in [5.74, 6) is -6.40. The SMILES string of the molecule is CC(C)(C)OC(=O)N1CCN(c2cc(F)c(F)c(C(=O)O)c2F)CC1. The van der Waals surface area contributed by atoms with Crippen molar-refractivity contribution in [3.63, 3.8) is 0 Å². The highest BCUT2D eigenvalue weighted by atomic mass is 19.2. The van der Waals surface area contributed by atoms with Crippen LogP contribution >= 0.6 is 0 Å². The minimum Gasteiger partial charge on any atom is -0.477 e. The lowest BCUT2D eigenvalue weighted by Gasteiger charge is -2.37. The number of carbonyl (C=O) groups excluding carboxylic acids is 1. The summed E-state index contributed by atoms with van der Waals surface area (Å²) in [5.41, 5.74) is -2.33. The predicted octanol–water partition coefficient (Wildman–Crippen LogP) is 2.86. The van der Waals surface area contributed by atoms with Crippen molar-refractivity contribution in [2.75, 3.05) is 31.1 Å². The van der Waals surface area contributed by atoms with E-state index < -0.39 is 40.7 Å². The third-order valence-electron chi connectivity index (χ3n) is 3.62. The van der Waals surface area contributed by atoms with E-state index in [1.54, 1.807) is 20.8 Å². The molecule has 1 aliphatic rings. The zero-order valence-corrected chi connectivity index (χ0v) is 14.1. The zero-order chi connectivity index (χ0) is 18.9.